The van der Waals surface area contributed by atoms with E-state index in [-0.39, 0.29) is 17.5 Å². The number of fused-ring (bicyclic) bond motifs is 3. The van der Waals surface area contributed by atoms with Crippen LogP contribution in [0.25, 0.3) is 0 Å². The first kappa shape index (κ1) is 19.9. The fourth-order valence-corrected chi connectivity index (χ4v) is 5.36. The van der Waals surface area contributed by atoms with Crippen LogP contribution in [0.5, 0.6) is 0 Å². The fourth-order valence-electron chi connectivity index (χ4n) is 5.36. The van der Waals surface area contributed by atoms with Crippen molar-refractivity contribution in [2.75, 3.05) is 11.4 Å². The average molecular weight is 428 g/mol. The van der Waals surface area contributed by atoms with E-state index in [9.17, 15) is 27.6 Å². The SMILES string of the molecule is O=C(c1ccccc1)[C@H]1[C@H]2C(=O)N(c3cccc(C(F)(F)F)c3)C(=O)[C@H]2[C@H]2CCCN21. The second-order valence-electron chi connectivity index (χ2n) is 8.23. The van der Waals surface area contributed by atoms with Crippen molar-refractivity contribution in [1.82, 2.24) is 4.90 Å². The van der Waals surface area contributed by atoms with Crippen LogP contribution in [-0.2, 0) is 15.8 Å². The summed E-state index contributed by atoms with van der Waals surface area (Å²) >= 11 is 0. The van der Waals surface area contributed by atoms with Gasteiger partial charge in [0.25, 0.3) is 0 Å². The topological polar surface area (TPSA) is 57.7 Å². The zero-order valence-electron chi connectivity index (χ0n) is 16.4. The van der Waals surface area contributed by atoms with E-state index < -0.39 is 41.4 Å². The van der Waals surface area contributed by atoms with Crippen LogP contribution in [0.1, 0.15) is 28.8 Å². The predicted octanol–water partition coefficient (Wildman–Crippen LogP) is 3.54. The van der Waals surface area contributed by atoms with E-state index in [1.54, 1.807) is 30.3 Å². The summed E-state index contributed by atoms with van der Waals surface area (Å²) in [4.78, 5) is 42.8. The minimum atomic E-state index is -4.59. The molecule has 2 aromatic carbocycles. The summed E-state index contributed by atoms with van der Waals surface area (Å²) in [5, 5.41) is 0. The highest BCUT2D eigenvalue weighted by molar-refractivity contribution is 6.24. The first-order valence-electron chi connectivity index (χ1n) is 10.2. The maximum atomic E-state index is 13.4. The van der Waals surface area contributed by atoms with Crippen LogP contribution in [-0.4, -0.2) is 41.1 Å². The number of benzene rings is 2. The van der Waals surface area contributed by atoms with Crippen molar-refractivity contribution in [3.63, 3.8) is 0 Å². The molecule has 0 spiro atoms. The van der Waals surface area contributed by atoms with Crippen LogP contribution in [0, 0.1) is 11.8 Å². The van der Waals surface area contributed by atoms with Crippen LogP contribution in [0.4, 0.5) is 18.9 Å². The third-order valence-corrected chi connectivity index (χ3v) is 6.61. The Morgan fingerprint density at radius 1 is 0.935 bits per heavy atom. The summed E-state index contributed by atoms with van der Waals surface area (Å²) in [6.07, 6.45) is -3.11. The van der Waals surface area contributed by atoms with Crippen molar-refractivity contribution in [3.8, 4) is 0 Å². The molecule has 3 heterocycles. The number of anilines is 1. The normalized spacial score (nSPS) is 28.2. The summed E-state index contributed by atoms with van der Waals surface area (Å²) in [6.45, 7) is 0.616. The zero-order chi connectivity index (χ0) is 21.9. The van der Waals surface area contributed by atoms with Crippen molar-refractivity contribution in [3.05, 3.63) is 65.7 Å². The highest BCUT2D eigenvalue weighted by Crippen LogP contribution is 2.48. The van der Waals surface area contributed by atoms with Gasteiger partial charge in [-0.05, 0) is 37.6 Å². The third-order valence-electron chi connectivity index (χ3n) is 6.61. The fraction of sp³-hybridized carbons (Fsp3) is 0.348. The lowest BCUT2D eigenvalue weighted by atomic mass is 9.85. The first-order valence-corrected chi connectivity index (χ1v) is 10.2. The molecule has 0 N–H and O–H groups in total. The van der Waals surface area contributed by atoms with E-state index in [2.05, 4.69) is 0 Å². The molecule has 3 fully saturated rings. The molecule has 0 unspecified atom stereocenters. The maximum absolute atomic E-state index is 13.4. The third kappa shape index (κ3) is 3.00. The second-order valence-corrected chi connectivity index (χ2v) is 8.23. The summed E-state index contributed by atoms with van der Waals surface area (Å²) in [7, 11) is 0. The number of carbonyl (C=O) groups is 3. The Hall–Kier alpha value is -3.00. The molecule has 0 bridgehead atoms. The van der Waals surface area contributed by atoms with Crippen LogP contribution >= 0.6 is 0 Å². The van der Waals surface area contributed by atoms with E-state index in [0.29, 0.717) is 18.5 Å². The molecular weight excluding hydrogens is 409 g/mol. The van der Waals surface area contributed by atoms with Crippen LogP contribution in [0.15, 0.2) is 54.6 Å². The molecule has 4 atom stereocenters. The molecule has 3 saturated heterocycles. The van der Waals surface area contributed by atoms with Gasteiger partial charge in [0.15, 0.2) is 5.78 Å². The monoisotopic (exact) mass is 428 g/mol. The Kier molecular flexibility index (Phi) is 4.51. The molecule has 0 saturated carbocycles. The van der Waals surface area contributed by atoms with E-state index in [0.717, 1.165) is 23.5 Å². The molecule has 0 aromatic heterocycles. The number of alkyl halides is 3. The number of halogens is 3. The Bertz CT molecular complexity index is 1070. The van der Waals surface area contributed by atoms with Crippen molar-refractivity contribution in [2.45, 2.75) is 31.1 Å². The first-order chi connectivity index (χ1) is 14.8. The number of rotatable bonds is 3. The van der Waals surface area contributed by atoms with Gasteiger partial charge in [0.1, 0.15) is 0 Å². The summed E-state index contributed by atoms with van der Waals surface area (Å²) in [6, 6.07) is 11.8. The smallest absolute Gasteiger partial charge is 0.292 e. The van der Waals surface area contributed by atoms with Gasteiger partial charge in [-0.1, -0.05) is 36.4 Å². The Morgan fingerprint density at radius 3 is 2.35 bits per heavy atom. The second kappa shape index (κ2) is 7.02. The lowest BCUT2D eigenvalue weighted by Crippen LogP contribution is -2.46. The van der Waals surface area contributed by atoms with Gasteiger partial charge in [0, 0.05) is 11.6 Å². The molecule has 5 nitrogen and oxygen atoms in total. The van der Waals surface area contributed by atoms with Gasteiger partial charge in [-0.25, -0.2) is 4.90 Å². The van der Waals surface area contributed by atoms with Gasteiger partial charge in [-0.15, -0.1) is 0 Å². The molecule has 160 valence electrons. The standard InChI is InChI=1S/C23H19F3N2O3/c24-23(25,26)14-8-4-9-15(12-14)28-21(30)17-16-10-5-11-27(16)19(18(17)22(28)31)20(29)13-6-2-1-3-7-13/h1-4,6-9,12,16-19H,5,10-11H2/t16-,17+,18+,19-/m1/s1. The molecular formula is C23H19F3N2O3. The summed E-state index contributed by atoms with van der Waals surface area (Å²) in [5.41, 5.74) is -0.576. The van der Waals surface area contributed by atoms with Crippen LogP contribution < -0.4 is 4.90 Å². The van der Waals surface area contributed by atoms with Gasteiger partial charge in [-0.2, -0.15) is 13.2 Å². The van der Waals surface area contributed by atoms with Gasteiger partial charge in [0.2, 0.25) is 11.8 Å². The molecule has 5 rings (SSSR count). The molecule has 0 aliphatic carbocycles. The Labute approximate surface area is 176 Å². The van der Waals surface area contributed by atoms with Crippen LogP contribution in [0.3, 0.4) is 0 Å². The number of carbonyl (C=O) groups excluding carboxylic acids is 3. The zero-order valence-corrected chi connectivity index (χ0v) is 16.4. The molecule has 2 aromatic rings. The minimum absolute atomic E-state index is 0.102. The number of amides is 2. The predicted molar refractivity (Wildman–Crippen MR) is 105 cm³/mol. The quantitative estimate of drug-likeness (QED) is 0.554. The largest absolute Gasteiger partial charge is 0.416 e. The lowest BCUT2D eigenvalue weighted by molar-refractivity contribution is -0.137. The van der Waals surface area contributed by atoms with Crippen molar-refractivity contribution < 1.29 is 27.6 Å². The van der Waals surface area contributed by atoms with Crippen molar-refractivity contribution >= 4 is 23.3 Å². The van der Waals surface area contributed by atoms with Gasteiger partial charge >= 0.3 is 6.18 Å². The van der Waals surface area contributed by atoms with Gasteiger partial charge in [0.05, 0.1) is 29.1 Å². The number of hydrogen-bond donors (Lipinski definition) is 0. The van der Waals surface area contributed by atoms with E-state index in [1.165, 1.54) is 12.1 Å². The summed E-state index contributed by atoms with van der Waals surface area (Å²) < 4.78 is 39.5. The van der Waals surface area contributed by atoms with Gasteiger partial charge < -0.3 is 0 Å². The van der Waals surface area contributed by atoms with E-state index in [4.69, 9.17) is 0 Å². The minimum Gasteiger partial charge on any atom is -0.292 e. The molecule has 31 heavy (non-hydrogen) atoms. The molecule has 0 radical (unpaired) electrons. The highest BCUT2D eigenvalue weighted by Gasteiger charge is 2.64. The maximum Gasteiger partial charge on any atom is 0.416 e. The molecule has 2 amide bonds. The number of ketones is 1. The number of nitrogens with zero attached hydrogens (tertiary/aromatic N) is 2. The molecule has 3 aliphatic heterocycles. The van der Waals surface area contributed by atoms with Crippen molar-refractivity contribution in [1.29, 1.82) is 0 Å². The van der Waals surface area contributed by atoms with Crippen molar-refractivity contribution in [2.24, 2.45) is 11.8 Å². The number of hydrogen-bond acceptors (Lipinski definition) is 4. The molecule has 3 aliphatic rings. The Balaban J connectivity index is 1.55. The van der Waals surface area contributed by atoms with Gasteiger partial charge in [-0.3, -0.25) is 19.3 Å². The Morgan fingerprint density at radius 2 is 1.65 bits per heavy atom. The average Bonchev–Trinajstić information content (AvgIpc) is 3.40. The number of imide groups is 1. The number of Topliss-reactive ketones (excluding diaryl/α,β-unsaturated/α-hetero) is 1. The van der Waals surface area contributed by atoms with E-state index in [1.807, 2.05) is 4.90 Å². The van der Waals surface area contributed by atoms with E-state index >= 15 is 0 Å². The molecule has 8 heteroatoms. The summed E-state index contributed by atoms with van der Waals surface area (Å²) in [5.74, 6) is -2.96. The highest BCUT2D eigenvalue weighted by atomic mass is 19.4. The van der Waals surface area contributed by atoms with Crippen LogP contribution in [0.2, 0.25) is 0 Å². The lowest BCUT2D eigenvalue weighted by Gasteiger charge is -2.27.